The molecule has 27 heavy (non-hydrogen) atoms. The Bertz CT molecular complexity index is 1010. The Kier molecular flexibility index (Phi) is 5.45. The van der Waals surface area contributed by atoms with Gasteiger partial charge in [-0.25, -0.2) is 4.98 Å². The number of aryl methyl sites for hydroxylation is 1. The predicted molar refractivity (Wildman–Crippen MR) is 99.1 cm³/mol. The first-order chi connectivity index (χ1) is 12.5. The van der Waals surface area contributed by atoms with Crippen LogP contribution >= 0.6 is 0 Å². The summed E-state index contributed by atoms with van der Waals surface area (Å²) in [7, 11) is 0. The van der Waals surface area contributed by atoms with Crippen LogP contribution in [0.3, 0.4) is 0 Å². The number of nitrogens with one attached hydrogen (secondary N) is 1. The lowest BCUT2D eigenvalue weighted by Crippen LogP contribution is -2.28. The van der Waals surface area contributed by atoms with Crippen molar-refractivity contribution in [3.05, 3.63) is 46.0 Å². The Morgan fingerprint density at radius 2 is 1.96 bits per heavy atom. The van der Waals surface area contributed by atoms with Crippen molar-refractivity contribution in [3.63, 3.8) is 0 Å². The average Bonchev–Trinajstić information content (AvgIpc) is 2.56. The van der Waals surface area contributed by atoms with Gasteiger partial charge in [0, 0.05) is 17.0 Å². The molecule has 0 saturated heterocycles. The summed E-state index contributed by atoms with van der Waals surface area (Å²) in [5, 5.41) is 20.8. The second-order valence-electron chi connectivity index (χ2n) is 7.08. The van der Waals surface area contributed by atoms with Crippen LogP contribution in [0.5, 0.6) is 0 Å². The standard InChI is InChI=1S/C19H20N4O4/c1-11-21-15(8-16(24)23(11)10-17(25)26)13-6-5-12(9-20)7-14(13)22-18(27)19(2,3)4/h5-8H,10H2,1-4H3,(H,22,27)(H,25,26). The molecule has 0 radical (unpaired) electrons. The van der Waals surface area contributed by atoms with E-state index in [0.717, 1.165) is 4.57 Å². The number of hydrogen-bond donors (Lipinski definition) is 2. The highest BCUT2D eigenvalue weighted by Gasteiger charge is 2.23. The van der Waals surface area contributed by atoms with E-state index in [4.69, 9.17) is 10.4 Å². The summed E-state index contributed by atoms with van der Waals surface area (Å²) in [4.78, 5) is 39.9. The fourth-order valence-electron chi connectivity index (χ4n) is 2.34. The van der Waals surface area contributed by atoms with Gasteiger partial charge in [0.15, 0.2) is 0 Å². The summed E-state index contributed by atoms with van der Waals surface area (Å²) in [6.45, 7) is 6.31. The van der Waals surface area contributed by atoms with Gasteiger partial charge in [0.2, 0.25) is 5.91 Å². The van der Waals surface area contributed by atoms with Gasteiger partial charge in [-0.05, 0) is 25.1 Å². The maximum absolute atomic E-state index is 12.4. The smallest absolute Gasteiger partial charge is 0.323 e. The average molecular weight is 368 g/mol. The fourth-order valence-corrected chi connectivity index (χ4v) is 2.34. The van der Waals surface area contributed by atoms with Crippen molar-refractivity contribution in [2.24, 2.45) is 5.41 Å². The number of carboxylic acids is 1. The number of hydrogen-bond acceptors (Lipinski definition) is 5. The minimum atomic E-state index is -1.15. The third-order valence-corrected chi connectivity index (χ3v) is 3.85. The highest BCUT2D eigenvalue weighted by Crippen LogP contribution is 2.29. The molecule has 2 rings (SSSR count). The van der Waals surface area contributed by atoms with E-state index >= 15 is 0 Å². The van der Waals surface area contributed by atoms with Crippen molar-refractivity contribution in [2.45, 2.75) is 34.2 Å². The van der Waals surface area contributed by atoms with Gasteiger partial charge in [0.1, 0.15) is 12.4 Å². The van der Waals surface area contributed by atoms with Gasteiger partial charge in [-0.1, -0.05) is 20.8 Å². The summed E-state index contributed by atoms with van der Waals surface area (Å²) in [5.74, 6) is -1.17. The second-order valence-corrected chi connectivity index (χ2v) is 7.08. The minimum absolute atomic E-state index is 0.234. The largest absolute Gasteiger partial charge is 0.480 e. The molecule has 1 amide bonds. The van der Waals surface area contributed by atoms with Gasteiger partial charge in [0.05, 0.1) is 23.0 Å². The SMILES string of the molecule is Cc1nc(-c2ccc(C#N)cc2NC(=O)C(C)(C)C)cc(=O)n1CC(=O)O. The molecule has 0 spiro atoms. The van der Waals surface area contributed by atoms with Crippen LogP contribution in [0.15, 0.2) is 29.1 Å². The number of amides is 1. The van der Waals surface area contributed by atoms with Crippen LogP contribution in [0, 0.1) is 23.7 Å². The Hall–Kier alpha value is -3.47. The molecule has 0 aliphatic rings. The van der Waals surface area contributed by atoms with E-state index in [-0.39, 0.29) is 17.4 Å². The van der Waals surface area contributed by atoms with E-state index in [9.17, 15) is 14.4 Å². The zero-order chi connectivity index (χ0) is 20.4. The molecule has 1 aromatic heterocycles. The van der Waals surface area contributed by atoms with E-state index in [1.54, 1.807) is 32.9 Å². The molecule has 140 valence electrons. The van der Waals surface area contributed by atoms with Crippen molar-refractivity contribution in [2.75, 3.05) is 5.32 Å². The number of aliphatic carboxylic acids is 1. The first kappa shape index (κ1) is 19.8. The lowest BCUT2D eigenvalue weighted by molar-refractivity contribution is -0.137. The van der Waals surface area contributed by atoms with E-state index in [0.29, 0.717) is 16.8 Å². The van der Waals surface area contributed by atoms with Crippen LogP contribution in [-0.2, 0) is 16.1 Å². The molecule has 2 N–H and O–H groups in total. The highest BCUT2D eigenvalue weighted by molar-refractivity contribution is 5.98. The summed E-state index contributed by atoms with van der Waals surface area (Å²) in [6, 6.07) is 7.89. The number of carbonyl (C=O) groups excluding carboxylic acids is 1. The maximum atomic E-state index is 12.4. The molecule has 0 aliphatic carbocycles. The minimum Gasteiger partial charge on any atom is -0.480 e. The van der Waals surface area contributed by atoms with Gasteiger partial charge >= 0.3 is 5.97 Å². The van der Waals surface area contributed by atoms with Crippen molar-refractivity contribution >= 4 is 17.6 Å². The number of nitriles is 1. The number of nitrogens with zero attached hydrogens (tertiary/aromatic N) is 3. The second kappa shape index (κ2) is 7.41. The molecule has 8 nitrogen and oxygen atoms in total. The Balaban J connectivity index is 2.59. The Morgan fingerprint density at radius 3 is 2.48 bits per heavy atom. The van der Waals surface area contributed by atoms with Crippen molar-refractivity contribution in [1.29, 1.82) is 5.26 Å². The third-order valence-electron chi connectivity index (χ3n) is 3.85. The zero-order valence-electron chi connectivity index (χ0n) is 15.5. The molecule has 1 heterocycles. The zero-order valence-corrected chi connectivity index (χ0v) is 15.5. The third kappa shape index (κ3) is 4.58. The molecule has 0 aliphatic heterocycles. The molecular formula is C19H20N4O4. The predicted octanol–water partition coefficient (Wildman–Crippen LogP) is 2.16. The molecule has 0 saturated carbocycles. The number of rotatable bonds is 4. The normalized spacial score (nSPS) is 10.9. The number of benzene rings is 1. The van der Waals surface area contributed by atoms with Crippen LogP contribution in [0.1, 0.15) is 32.2 Å². The monoisotopic (exact) mass is 368 g/mol. The highest BCUT2D eigenvalue weighted by atomic mass is 16.4. The molecule has 2 aromatic rings. The van der Waals surface area contributed by atoms with Crippen LogP contribution in [0.25, 0.3) is 11.3 Å². The van der Waals surface area contributed by atoms with E-state index < -0.39 is 23.5 Å². The number of carboxylic acid groups (broad SMARTS) is 1. The van der Waals surface area contributed by atoms with E-state index in [1.165, 1.54) is 19.1 Å². The quantitative estimate of drug-likeness (QED) is 0.852. The lowest BCUT2D eigenvalue weighted by Gasteiger charge is -2.19. The van der Waals surface area contributed by atoms with Crippen LogP contribution in [0.2, 0.25) is 0 Å². The molecule has 0 unspecified atom stereocenters. The molecule has 8 heteroatoms. The van der Waals surface area contributed by atoms with Gasteiger partial charge < -0.3 is 10.4 Å². The molecule has 0 fully saturated rings. The van der Waals surface area contributed by atoms with Crippen molar-refractivity contribution in [1.82, 2.24) is 9.55 Å². The summed E-state index contributed by atoms with van der Waals surface area (Å²) < 4.78 is 1.04. The van der Waals surface area contributed by atoms with Crippen LogP contribution in [-0.4, -0.2) is 26.5 Å². The first-order valence-electron chi connectivity index (χ1n) is 8.19. The summed E-state index contributed by atoms with van der Waals surface area (Å²) in [5.41, 5.74) is 0.281. The summed E-state index contributed by atoms with van der Waals surface area (Å²) in [6.07, 6.45) is 0. The van der Waals surface area contributed by atoms with Crippen LogP contribution < -0.4 is 10.9 Å². The van der Waals surface area contributed by atoms with Crippen molar-refractivity contribution in [3.8, 4) is 17.3 Å². The number of anilines is 1. The van der Waals surface area contributed by atoms with Gasteiger partial charge in [0.25, 0.3) is 5.56 Å². The molecule has 0 atom stereocenters. The maximum Gasteiger partial charge on any atom is 0.323 e. The Morgan fingerprint density at radius 1 is 1.30 bits per heavy atom. The van der Waals surface area contributed by atoms with Gasteiger partial charge in [-0.3, -0.25) is 19.0 Å². The van der Waals surface area contributed by atoms with E-state index in [1.807, 2.05) is 6.07 Å². The van der Waals surface area contributed by atoms with Crippen LogP contribution in [0.4, 0.5) is 5.69 Å². The molecular weight excluding hydrogens is 348 g/mol. The topological polar surface area (TPSA) is 125 Å². The molecule has 1 aromatic carbocycles. The van der Waals surface area contributed by atoms with Gasteiger partial charge in [-0.2, -0.15) is 5.26 Å². The van der Waals surface area contributed by atoms with Crippen molar-refractivity contribution < 1.29 is 14.7 Å². The lowest BCUT2D eigenvalue weighted by atomic mass is 9.95. The number of aromatic nitrogens is 2. The number of carbonyl (C=O) groups is 2. The first-order valence-corrected chi connectivity index (χ1v) is 8.19. The Labute approximate surface area is 156 Å². The molecule has 0 bridgehead atoms. The summed E-state index contributed by atoms with van der Waals surface area (Å²) >= 11 is 0. The van der Waals surface area contributed by atoms with Gasteiger partial charge in [-0.15, -0.1) is 0 Å². The van der Waals surface area contributed by atoms with E-state index in [2.05, 4.69) is 10.3 Å². The fraction of sp³-hybridized carbons (Fsp3) is 0.316.